The van der Waals surface area contributed by atoms with E-state index < -0.39 is 11.9 Å². The zero-order valence-electron chi connectivity index (χ0n) is 24.9. The number of rotatable bonds is 17. The van der Waals surface area contributed by atoms with Crippen LogP contribution in [0.4, 0.5) is 9.52 Å². The molecule has 0 spiro atoms. The Hall–Kier alpha value is -2.78. The van der Waals surface area contributed by atoms with E-state index in [0.29, 0.717) is 22.4 Å². The fraction of sp³-hybridized carbons (Fsp3) is 0.424. The van der Waals surface area contributed by atoms with Gasteiger partial charge in [-0.2, -0.15) is 0 Å². The summed E-state index contributed by atoms with van der Waals surface area (Å²) >= 11 is 13.8. The van der Waals surface area contributed by atoms with Crippen LogP contribution in [0.3, 0.4) is 0 Å². The van der Waals surface area contributed by atoms with Gasteiger partial charge in [0.25, 0.3) is 5.91 Å². The highest BCUT2D eigenvalue weighted by Crippen LogP contribution is 2.34. The maximum atomic E-state index is 15.7. The number of aliphatic carboxylic acids is 1. The third-order valence-corrected chi connectivity index (χ3v) is 8.65. The van der Waals surface area contributed by atoms with E-state index in [1.807, 2.05) is 0 Å². The number of aromatic nitrogens is 1. The van der Waals surface area contributed by atoms with E-state index in [4.69, 9.17) is 33.0 Å². The fourth-order valence-electron chi connectivity index (χ4n) is 4.79. The summed E-state index contributed by atoms with van der Waals surface area (Å²) in [5, 5.41) is 14.0. The first-order chi connectivity index (χ1) is 20.7. The lowest BCUT2D eigenvalue weighted by molar-refractivity contribution is -0.132. The smallest absolute Gasteiger partial charge is 0.331 e. The molecule has 0 aliphatic heterocycles. The summed E-state index contributed by atoms with van der Waals surface area (Å²) in [6, 6.07) is 8.01. The van der Waals surface area contributed by atoms with Crippen molar-refractivity contribution in [3.8, 4) is 11.3 Å². The van der Waals surface area contributed by atoms with Gasteiger partial charge in [0.1, 0.15) is 5.82 Å². The van der Waals surface area contributed by atoms with E-state index in [1.54, 1.807) is 30.7 Å². The molecule has 0 saturated heterocycles. The van der Waals surface area contributed by atoms with E-state index in [1.165, 1.54) is 70.1 Å². The average molecular weight is 650 g/mol. The number of hydrogen-bond donors (Lipinski definition) is 2. The Labute approximate surface area is 267 Å². The fourth-order valence-corrected chi connectivity index (χ4v) is 6.09. The number of benzene rings is 2. The van der Waals surface area contributed by atoms with Crippen LogP contribution in [0, 0.1) is 5.82 Å². The largest absolute Gasteiger partial charge is 0.478 e. The third kappa shape index (κ3) is 10.1. The van der Waals surface area contributed by atoms with Crippen LogP contribution in [0.1, 0.15) is 106 Å². The summed E-state index contributed by atoms with van der Waals surface area (Å²) in [4.78, 5) is 28.5. The predicted octanol–water partition coefficient (Wildman–Crippen LogP) is 10.6. The summed E-state index contributed by atoms with van der Waals surface area (Å²) in [5.74, 6) is -2.00. The SMILES string of the molecule is CCCCCCCCCCCC(OC)c1cccc(-c2csc(NC(=O)c3cc(Cl)c(/C=C(\C)C(=O)O)c(Cl)c3)n2)c1F. The average Bonchev–Trinajstić information content (AvgIpc) is 3.44. The Morgan fingerprint density at radius 3 is 2.30 bits per heavy atom. The van der Waals surface area contributed by atoms with Gasteiger partial charge in [0.15, 0.2) is 5.13 Å². The van der Waals surface area contributed by atoms with Crippen LogP contribution in [0.2, 0.25) is 10.0 Å². The van der Waals surface area contributed by atoms with Crippen LogP contribution in [-0.4, -0.2) is 29.1 Å². The first-order valence-electron chi connectivity index (χ1n) is 14.6. The second-order valence-electron chi connectivity index (χ2n) is 10.5. The van der Waals surface area contributed by atoms with Crippen LogP contribution in [0.15, 0.2) is 41.3 Å². The summed E-state index contributed by atoms with van der Waals surface area (Å²) < 4.78 is 21.4. The minimum absolute atomic E-state index is 0.0490. The monoisotopic (exact) mass is 648 g/mol. The Morgan fingerprint density at radius 1 is 1.07 bits per heavy atom. The molecule has 0 saturated carbocycles. The van der Waals surface area contributed by atoms with Gasteiger partial charge in [-0.25, -0.2) is 14.2 Å². The number of unbranched alkanes of at least 4 members (excludes halogenated alkanes) is 8. The van der Waals surface area contributed by atoms with Crippen molar-refractivity contribution in [2.45, 2.75) is 84.2 Å². The molecule has 6 nitrogen and oxygen atoms in total. The number of hydrogen-bond acceptors (Lipinski definition) is 5. The van der Waals surface area contributed by atoms with Crippen LogP contribution in [0.25, 0.3) is 17.3 Å². The number of carbonyl (C=O) groups is 2. The molecule has 2 aromatic carbocycles. The van der Waals surface area contributed by atoms with E-state index in [0.717, 1.165) is 30.6 Å². The van der Waals surface area contributed by atoms with Crippen LogP contribution in [0.5, 0.6) is 0 Å². The number of carbonyl (C=O) groups excluding carboxylic acids is 1. The van der Waals surface area contributed by atoms with Crippen LogP contribution in [-0.2, 0) is 9.53 Å². The van der Waals surface area contributed by atoms with Gasteiger partial charge >= 0.3 is 5.97 Å². The first kappa shape index (κ1) is 34.7. The number of anilines is 1. The van der Waals surface area contributed by atoms with Gasteiger partial charge in [0, 0.05) is 40.3 Å². The maximum absolute atomic E-state index is 15.7. The molecule has 1 aromatic heterocycles. The standard InChI is InChI=1S/C33H39Cl2FN2O4S/c1-4-5-6-7-8-9-10-11-12-16-29(42-3)24-15-13-14-23(30(24)36)28-20-43-33(37-28)38-31(39)22-18-26(34)25(27(35)19-22)17-21(2)32(40)41/h13-15,17-20,29H,4-12,16H2,1-3H3,(H,40,41)(H,37,38,39)/b21-17+. The summed E-state index contributed by atoms with van der Waals surface area (Å²) in [7, 11) is 1.61. The molecule has 1 unspecified atom stereocenters. The molecule has 3 rings (SSSR count). The molecule has 0 aliphatic carbocycles. The maximum Gasteiger partial charge on any atom is 0.331 e. The van der Waals surface area contributed by atoms with Gasteiger partial charge < -0.3 is 9.84 Å². The van der Waals surface area contributed by atoms with Crippen molar-refractivity contribution in [3.05, 3.63) is 73.8 Å². The van der Waals surface area contributed by atoms with Crippen LogP contribution >= 0.6 is 34.5 Å². The highest BCUT2D eigenvalue weighted by Gasteiger charge is 2.20. The summed E-state index contributed by atoms with van der Waals surface area (Å²) in [6.45, 7) is 3.64. The molecule has 232 valence electrons. The van der Waals surface area contributed by atoms with E-state index in [2.05, 4.69) is 17.2 Å². The molecule has 43 heavy (non-hydrogen) atoms. The molecule has 1 amide bonds. The minimum Gasteiger partial charge on any atom is -0.478 e. The van der Waals surface area contributed by atoms with E-state index in [-0.39, 0.29) is 38.2 Å². The van der Waals surface area contributed by atoms with Gasteiger partial charge in [-0.1, -0.05) is 100 Å². The topological polar surface area (TPSA) is 88.5 Å². The zero-order chi connectivity index (χ0) is 31.4. The number of carboxylic acid groups (broad SMARTS) is 1. The van der Waals surface area contributed by atoms with Crippen molar-refractivity contribution in [3.63, 3.8) is 0 Å². The number of carboxylic acids is 1. The lowest BCUT2D eigenvalue weighted by Crippen LogP contribution is -2.12. The lowest BCUT2D eigenvalue weighted by Gasteiger charge is -2.17. The van der Waals surface area contributed by atoms with Crippen molar-refractivity contribution < 1.29 is 23.8 Å². The lowest BCUT2D eigenvalue weighted by atomic mass is 9.98. The second kappa shape index (κ2) is 17.5. The number of nitrogens with zero attached hydrogens (tertiary/aromatic N) is 1. The molecule has 2 N–H and O–H groups in total. The van der Waals surface area contributed by atoms with Crippen molar-refractivity contribution in [1.29, 1.82) is 0 Å². The molecule has 10 heteroatoms. The highest BCUT2D eigenvalue weighted by molar-refractivity contribution is 7.14. The Kier molecular flexibility index (Phi) is 14.1. The highest BCUT2D eigenvalue weighted by atomic mass is 35.5. The number of thiazole rings is 1. The number of nitrogens with one attached hydrogen (secondary N) is 1. The van der Waals surface area contributed by atoms with Crippen molar-refractivity contribution in [1.82, 2.24) is 4.98 Å². The predicted molar refractivity (Wildman–Crippen MR) is 175 cm³/mol. The molecular formula is C33H39Cl2FN2O4S. The Morgan fingerprint density at radius 2 is 1.70 bits per heavy atom. The van der Waals surface area contributed by atoms with Crippen molar-refractivity contribution in [2.24, 2.45) is 0 Å². The van der Waals surface area contributed by atoms with Crippen molar-refractivity contribution >= 4 is 57.6 Å². The molecule has 0 aliphatic rings. The molecule has 3 aromatic rings. The quantitative estimate of drug-likeness (QED) is 0.112. The molecule has 1 atom stereocenters. The summed E-state index contributed by atoms with van der Waals surface area (Å²) in [5.41, 5.74) is 1.75. The van der Waals surface area contributed by atoms with Gasteiger partial charge in [-0.3, -0.25) is 10.1 Å². The minimum atomic E-state index is -1.10. The third-order valence-electron chi connectivity index (χ3n) is 7.27. The van der Waals surface area contributed by atoms with Gasteiger partial charge in [-0.15, -0.1) is 11.3 Å². The molecule has 1 heterocycles. The Bertz CT molecular complexity index is 1400. The number of ether oxygens (including phenoxy) is 1. The van der Waals surface area contributed by atoms with Crippen LogP contribution < -0.4 is 5.32 Å². The molecule has 0 fully saturated rings. The van der Waals surface area contributed by atoms with E-state index in [9.17, 15) is 9.59 Å². The van der Waals surface area contributed by atoms with Gasteiger partial charge in [0.2, 0.25) is 0 Å². The number of methoxy groups -OCH3 is 1. The first-order valence-corrected chi connectivity index (χ1v) is 16.3. The summed E-state index contributed by atoms with van der Waals surface area (Å²) in [6.07, 6.45) is 12.7. The van der Waals surface area contributed by atoms with E-state index >= 15 is 4.39 Å². The van der Waals surface area contributed by atoms with Gasteiger partial charge in [0.05, 0.1) is 21.8 Å². The van der Waals surface area contributed by atoms with Gasteiger partial charge in [-0.05, 0) is 37.6 Å². The zero-order valence-corrected chi connectivity index (χ0v) is 27.2. The normalized spacial score (nSPS) is 12.4. The Balaban J connectivity index is 1.64. The molecule has 0 radical (unpaired) electrons. The second-order valence-corrected chi connectivity index (χ2v) is 12.2. The van der Waals surface area contributed by atoms with Crippen molar-refractivity contribution in [2.75, 3.05) is 12.4 Å². The number of amides is 1. The number of halogens is 3. The molecular weight excluding hydrogens is 610 g/mol. The molecule has 0 bridgehead atoms.